The highest BCUT2D eigenvalue weighted by molar-refractivity contribution is 5.48. The number of nitrogens with zero attached hydrogens (tertiary/aromatic N) is 1. The van der Waals surface area contributed by atoms with Gasteiger partial charge in [-0.3, -0.25) is 0 Å². The van der Waals surface area contributed by atoms with Crippen LogP contribution in [0, 0.1) is 0 Å². The maximum Gasteiger partial charge on any atom is 0.119 e. The van der Waals surface area contributed by atoms with E-state index in [-0.39, 0.29) is 0 Å². The van der Waals surface area contributed by atoms with Crippen LogP contribution in [0.25, 0.3) is 0 Å². The molecule has 1 saturated heterocycles. The topological polar surface area (TPSA) is 20.3 Å². The number of carbonyl (C=O) groups excluding carboxylic acids is 1. The van der Waals surface area contributed by atoms with Crippen LogP contribution in [0.2, 0.25) is 0 Å². The molecule has 0 spiro atoms. The Balaban J connectivity index is 1.69. The smallest absolute Gasteiger partial charge is 0.119 e. The molecule has 2 nitrogen and oxygen atoms in total. The van der Waals surface area contributed by atoms with E-state index in [1.165, 1.54) is 110 Å². The normalized spacial score (nSPS) is 15.5. The van der Waals surface area contributed by atoms with Gasteiger partial charge in [0.2, 0.25) is 0 Å². The molecule has 0 N–H and O–H groups in total. The van der Waals surface area contributed by atoms with Crippen molar-refractivity contribution in [1.29, 1.82) is 0 Å². The van der Waals surface area contributed by atoms with Crippen molar-refractivity contribution in [1.82, 2.24) is 4.90 Å². The molecule has 0 radical (unpaired) electrons. The van der Waals surface area contributed by atoms with E-state index in [1.807, 2.05) is 0 Å². The van der Waals surface area contributed by atoms with Gasteiger partial charge < -0.3 is 9.69 Å². The maximum absolute atomic E-state index is 10.2. The summed E-state index contributed by atoms with van der Waals surface area (Å²) >= 11 is 0. The van der Waals surface area contributed by atoms with Gasteiger partial charge in [0.1, 0.15) is 6.29 Å². The monoisotopic (exact) mass is 335 g/mol. The largest absolute Gasteiger partial charge is 0.303 e. The predicted molar refractivity (Wildman–Crippen MR) is 106 cm³/mol. The fraction of sp³-hybridized carbons (Fsp3) is 0.864. The van der Waals surface area contributed by atoms with Crippen molar-refractivity contribution in [3.8, 4) is 0 Å². The van der Waals surface area contributed by atoms with Gasteiger partial charge in [-0.2, -0.15) is 0 Å². The molecule has 0 aliphatic carbocycles. The summed E-state index contributed by atoms with van der Waals surface area (Å²) in [6.07, 6.45) is 26.6. The molecule has 1 aliphatic heterocycles. The van der Waals surface area contributed by atoms with Crippen LogP contribution < -0.4 is 0 Å². The third-order valence-corrected chi connectivity index (χ3v) is 5.15. The summed E-state index contributed by atoms with van der Waals surface area (Å²) in [6.45, 7) is 4.05. The van der Waals surface area contributed by atoms with Crippen LogP contribution in [-0.4, -0.2) is 30.8 Å². The van der Waals surface area contributed by atoms with Crippen LogP contribution in [0.4, 0.5) is 0 Å². The lowest BCUT2D eigenvalue weighted by Crippen LogP contribution is -2.20. The van der Waals surface area contributed by atoms with Crippen molar-refractivity contribution in [3.05, 3.63) is 12.2 Å². The minimum Gasteiger partial charge on any atom is -0.303 e. The Morgan fingerprint density at radius 2 is 1.04 bits per heavy atom. The third-order valence-electron chi connectivity index (χ3n) is 5.15. The fourth-order valence-corrected chi connectivity index (χ4v) is 3.57. The third kappa shape index (κ3) is 13.8. The van der Waals surface area contributed by atoms with Gasteiger partial charge in [-0.15, -0.1) is 0 Å². The van der Waals surface area contributed by atoms with E-state index in [4.69, 9.17) is 0 Å². The molecule has 0 unspecified atom stereocenters. The molecule has 1 fully saturated rings. The molecule has 1 rings (SSSR count). The Hall–Kier alpha value is -0.630. The molecule has 1 heterocycles. The van der Waals surface area contributed by atoms with Crippen LogP contribution in [0.1, 0.15) is 103 Å². The molecule has 0 bridgehead atoms. The Kier molecular flexibility index (Phi) is 15.3. The average Bonchev–Trinajstić information content (AvgIpc) is 3.11. The van der Waals surface area contributed by atoms with Crippen molar-refractivity contribution < 1.29 is 4.79 Å². The standard InChI is InChI=1S/C22H41NO/c24-22-18-14-12-10-8-6-4-2-1-3-5-7-9-11-13-15-19-23-20-16-17-21-23/h1-2,22H,3-21H2. The van der Waals surface area contributed by atoms with E-state index in [0.717, 1.165) is 19.1 Å². The lowest BCUT2D eigenvalue weighted by atomic mass is 10.1. The van der Waals surface area contributed by atoms with Crippen LogP contribution in [0.5, 0.6) is 0 Å². The van der Waals surface area contributed by atoms with Crippen LogP contribution in [0.15, 0.2) is 12.2 Å². The molecule has 0 atom stereocenters. The maximum atomic E-state index is 10.2. The van der Waals surface area contributed by atoms with E-state index in [9.17, 15) is 4.79 Å². The zero-order chi connectivity index (χ0) is 17.1. The first-order chi connectivity index (χ1) is 11.9. The molecular weight excluding hydrogens is 294 g/mol. The van der Waals surface area contributed by atoms with Gasteiger partial charge in [0.25, 0.3) is 0 Å². The second kappa shape index (κ2) is 17.2. The van der Waals surface area contributed by atoms with E-state index in [1.54, 1.807) is 0 Å². The Labute approximate surface area is 151 Å². The summed E-state index contributed by atoms with van der Waals surface area (Å²) in [5.74, 6) is 0. The second-order valence-corrected chi connectivity index (χ2v) is 7.44. The van der Waals surface area contributed by atoms with Crippen molar-refractivity contribution in [2.75, 3.05) is 19.6 Å². The van der Waals surface area contributed by atoms with Crippen LogP contribution >= 0.6 is 0 Å². The highest BCUT2D eigenvalue weighted by Crippen LogP contribution is 2.12. The summed E-state index contributed by atoms with van der Waals surface area (Å²) in [5.41, 5.74) is 0. The van der Waals surface area contributed by atoms with Gasteiger partial charge in [0.05, 0.1) is 0 Å². The van der Waals surface area contributed by atoms with Gasteiger partial charge in [-0.05, 0) is 71.0 Å². The van der Waals surface area contributed by atoms with Gasteiger partial charge in [0.15, 0.2) is 0 Å². The summed E-state index contributed by atoms with van der Waals surface area (Å²) in [4.78, 5) is 12.8. The number of rotatable bonds is 17. The lowest BCUT2D eigenvalue weighted by Gasteiger charge is -2.13. The van der Waals surface area contributed by atoms with Gasteiger partial charge in [-0.1, -0.05) is 57.1 Å². The van der Waals surface area contributed by atoms with Crippen molar-refractivity contribution >= 4 is 6.29 Å². The van der Waals surface area contributed by atoms with Crippen LogP contribution in [-0.2, 0) is 4.79 Å². The molecule has 24 heavy (non-hydrogen) atoms. The molecule has 1 aliphatic rings. The number of hydrogen-bond acceptors (Lipinski definition) is 2. The number of unbranched alkanes of at least 4 members (excludes halogenated alkanes) is 12. The molecule has 0 aromatic heterocycles. The molecule has 0 aromatic rings. The van der Waals surface area contributed by atoms with Crippen LogP contribution in [0.3, 0.4) is 0 Å². The molecular formula is C22H41NO. The molecule has 0 aromatic carbocycles. The summed E-state index contributed by atoms with van der Waals surface area (Å²) in [5, 5.41) is 0. The second-order valence-electron chi connectivity index (χ2n) is 7.44. The summed E-state index contributed by atoms with van der Waals surface area (Å²) in [6, 6.07) is 0. The first-order valence-corrected chi connectivity index (χ1v) is 10.7. The fourth-order valence-electron chi connectivity index (χ4n) is 3.57. The minimum atomic E-state index is 0.748. The number of allylic oxidation sites excluding steroid dienone is 2. The van der Waals surface area contributed by atoms with Crippen molar-refractivity contribution in [2.45, 2.75) is 103 Å². The minimum absolute atomic E-state index is 0.748. The first-order valence-electron chi connectivity index (χ1n) is 10.7. The zero-order valence-electron chi connectivity index (χ0n) is 16.0. The molecule has 0 amide bonds. The lowest BCUT2D eigenvalue weighted by molar-refractivity contribution is -0.107. The highest BCUT2D eigenvalue weighted by Gasteiger charge is 2.09. The first kappa shape index (κ1) is 21.4. The van der Waals surface area contributed by atoms with E-state index in [0.29, 0.717) is 0 Å². The van der Waals surface area contributed by atoms with Crippen molar-refractivity contribution in [3.63, 3.8) is 0 Å². The van der Waals surface area contributed by atoms with Gasteiger partial charge in [-0.25, -0.2) is 0 Å². The zero-order valence-corrected chi connectivity index (χ0v) is 16.0. The quantitative estimate of drug-likeness (QED) is 0.177. The summed E-state index contributed by atoms with van der Waals surface area (Å²) in [7, 11) is 0. The van der Waals surface area contributed by atoms with Crippen molar-refractivity contribution in [2.24, 2.45) is 0 Å². The van der Waals surface area contributed by atoms with E-state index >= 15 is 0 Å². The molecule has 0 saturated carbocycles. The Morgan fingerprint density at radius 1 is 0.583 bits per heavy atom. The Morgan fingerprint density at radius 3 is 1.58 bits per heavy atom. The van der Waals surface area contributed by atoms with Gasteiger partial charge >= 0.3 is 0 Å². The highest BCUT2D eigenvalue weighted by atomic mass is 16.1. The number of carbonyl (C=O) groups is 1. The number of hydrogen-bond donors (Lipinski definition) is 0. The van der Waals surface area contributed by atoms with E-state index in [2.05, 4.69) is 17.1 Å². The van der Waals surface area contributed by atoms with Gasteiger partial charge in [0, 0.05) is 6.42 Å². The number of aldehydes is 1. The average molecular weight is 336 g/mol. The van der Waals surface area contributed by atoms with E-state index < -0.39 is 0 Å². The summed E-state index contributed by atoms with van der Waals surface area (Å²) < 4.78 is 0. The number of likely N-dealkylation sites (tertiary alicyclic amines) is 1. The Bertz CT molecular complexity index is 294. The SMILES string of the molecule is O=CCCCCCCCC=CCCCCCCCCN1CCCC1. The molecule has 140 valence electrons. The predicted octanol–water partition coefficient (Wildman–Crippen LogP) is 6.30. The molecule has 2 heteroatoms.